The number of carbonyl (C=O) groups is 1. The average Bonchev–Trinajstić information content (AvgIpc) is 3.16. The van der Waals surface area contributed by atoms with Crippen LogP contribution in [0.15, 0.2) is 48.5 Å². The third-order valence-corrected chi connectivity index (χ3v) is 4.48. The predicted molar refractivity (Wildman–Crippen MR) is 105 cm³/mol. The van der Waals surface area contributed by atoms with Gasteiger partial charge < -0.3 is 9.80 Å². The molecule has 0 spiro atoms. The maximum absolute atomic E-state index is 12.9. The molecule has 0 saturated heterocycles. The lowest BCUT2D eigenvalue weighted by Gasteiger charge is -2.18. The molecule has 0 aliphatic rings. The van der Waals surface area contributed by atoms with Crippen LogP contribution in [0.2, 0.25) is 0 Å². The summed E-state index contributed by atoms with van der Waals surface area (Å²) in [6.45, 7) is 0.236. The Labute approximate surface area is 171 Å². The number of halogens is 3. The normalized spacial score (nSPS) is 11.4. The Bertz CT molecular complexity index is 1010. The number of likely N-dealkylation sites (N-methyl/N-ethyl adjacent to an activating group) is 1. The SMILES string of the molecule is CN(Cc1ccc(N(C)C)cc1)C(=O)Cn1nnc(-c2cccc(C(F)(F)F)c2)n1. The molecule has 0 unspecified atom stereocenters. The lowest BCUT2D eigenvalue weighted by molar-refractivity contribution is -0.137. The summed E-state index contributed by atoms with van der Waals surface area (Å²) in [5.41, 5.74) is 1.40. The molecule has 158 valence electrons. The Hall–Kier alpha value is -3.43. The first-order chi connectivity index (χ1) is 14.1. The van der Waals surface area contributed by atoms with Crippen molar-refractivity contribution in [3.8, 4) is 11.4 Å². The highest BCUT2D eigenvalue weighted by atomic mass is 19.4. The molecule has 1 aromatic heterocycles. The molecule has 3 rings (SSSR count). The quantitative estimate of drug-likeness (QED) is 0.616. The van der Waals surface area contributed by atoms with E-state index < -0.39 is 11.7 Å². The van der Waals surface area contributed by atoms with E-state index >= 15 is 0 Å². The van der Waals surface area contributed by atoms with Crippen molar-refractivity contribution in [1.29, 1.82) is 0 Å². The van der Waals surface area contributed by atoms with Crippen molar-refractivity contribution in [3.05, 3.63) is 59.7 Å². The van der Waals surface area contributed by atoms with Crippen molar-refractivity contribution in [3.63, 3.8) is 0 Å². The zero-order valence-corrected chi connectivity index (χ0v) is 16.8. The van der Waals surface area contributed by atoms with Crippen LogP contribution in [0, 0.1) is 0 Å². The molecule has 0 aliphatic carbocycles. The minimum Gasteiger partial charge on any atom is -0.378 e. The van der Waals surface area contributed by atoms with Gasteiger partial charge in [0.1, 0.15) is 6.54 Å². The summed E-state index contributed by atoms with van der Waals surface area (Å²) in [6, 6.07) is 12.5. The van der Waals surface area contributed by atoms with E-state index in [0.29, 0.717) is 6.54 Å². The van der Waals surface area contributed by atoms with Crippen molar-refractivity contribution in [1.82, 2.24) is 25.1 Å². The summed E-state index contributed by atoms with van der Waals surface area (Å²) in [7, 11) is 5.56. The zero-order chi connectivity index (χ0) is 21.9. The van der Waals surface area contributed by atoms with Crippen molar-refractivity contribution in [2.24, 2.45) is 0 Å². The van der Waals surface area contributed by atoms with Gasteiger partial charge >= 0.3 is 6.18 Å². The van der Waals surface area contributed by atoms with E-state index in [1.807, 2.05) is 43.3 Å². The van der Waals surface area contributed by atoms with Gasteiger partial charge in [-0.3, -0.25) is 4.79 Å². The largest absolute Gasteiger partial charge is 0.416 e. The molecule has 1 heterocycles. The number of hydrogen-bond donors (Lipinski definition) is 0. The van der Waals surface area contributed by atoms with E-state index in [-0.39, 0.29) is 23.8 Å². The maximum Gasteiger partial charge on any atom is 0.416 e. The molecular formula is C20H21F3N6O. The van der Waals surface area contributed by atoms with E-state index in [2.05, 4.69) is 15.4 Å². The van der Waals surface area contributed by atoms with Gasteiger partial charge in [0.25, 0.3) is 0 Å². The summed E-state index contributed by atoms with van der Waals surface area (Å²) < 4.78 is 38.6. The fourth-order valence-corrected chi connectivity index (χ4v) is 2.76. The Morgan fingerprint density at radius 3 is 2.40 bits per heavy atom. The number of carbonyl (C=O) groups excluding carboxylic acids is 1. The molecule has 0 radical (unpaired) electrons. The molecule has 10 heteroatoms. The van der Waals surface area contributed by atoms with Crippen LogP contribution in [0.3, 0.4) is 0 Å². The van der Waals surface area contributed by atoms with Crippen LogP contribution in [-0.2, 0) is 24.1 Å². The van der Waals surface area contributed by atoms with Gasteiger partial charge in [0.05, 0.1) is 5.56 Å². The zero-order valence-electron chi connectivity index (χ0n) is 16.8. The third kappa shape index (κ3) is 5.13. The lowest BCUT2D eigenvalue weighted by atomic mass is 10.1. The van der Waals surface area contributed by atoms with E-state index in [4.69, 9.17) is 0 Å². The van der Waals surface area contributed by atoms with Crippen molar-refractivity contribution < 1.29 is 18.0 Å². The van der Waals surface area contributed by atoms with Crippen LogP contribution >= 0.6 is 0 Å². The Kier molecular flexibility index (Phi) is 6.04. The van der Waals surface area contributed by atoms with Gasteiger partial charge in [-0.1, -0.05) is 24.3 Å². The van der Waals surface area contributed by atoms with E-state index in [1.54, 1.807) is 7.05 Å². The Balaban J connectivity index is 1.64. The van der Waals surface area contributed by atoms with Crippen LogP contribution in [-0.4, -0.2) is 52.2 Å². The number of nitrogens with zero attached hydrogens (tertiary/aromatic N) is 6. The smallest absolute Gasteiger partial charge is 0.378 e. The fraction of sp³-hybridized carbons (Fsp3) is 0.300. The van der Waals surface area contributed by atoms with Gasteiger partial charge in [-0.25, -0.2) is 0 Å². The predicted octanol–water partition coefficient (Wildman–Crippen LogP) is 3.08. The summed E-state index contributed by atoms with van der Waals surface area (Å²) in [6.07, 6.45) is -4.46. The summed E-state index contributed by atoms with van der Waals surface area (Å²) >= 11 is 0. The average molecular weight is 418 g/mol. The van der Waals surface area contributed by atoms with Gasteiger partial charge in [0.15, 0.2) is 0 Å². The van der Waals surface area contributed by atoms with Crippen molar-refractivity contribution >= 4 is 11.6 Å². The number of amides is 1. The van der Waals surface area contributed by atoms with Gasteiger partial charge in [0.2, 0.25) is 11.7 Å². The van der Waals surface area contributed by atoms with E-state index in [0.717, 1.165) is 28.2 Å². The van der Waals surface area contributed by atoms with E-state index in [9.17, 15) is 18.0 Å². The van der Waals surface area contributed by atoms with Crippen LogP contribution in [0.5, 0.6) is 0 Å². The molecule has 0 aliphatic heterocycles. The number of aromatic nitrogens is 4. The van der Waals surface area contributed by atoms with Gasteiger partial charge in [-0.05, 0) is 35.0 Å². The third-order valence-electron chi connectivity index (χ3n) is 4.48. The number of benzene rings is 2. The molecule has 1 amide bonds. The van der Waals surface area contributed by atoms with E-state index in [1.165, 1.54) is 17.0 Å². The molecule has 30 heavy (non-hydrogen) atoms. The van der Waals surface area contributed by atoms with Gasteiger partial charge in [-0.2, -0.15) is 18.0 Å². The van der Waals surface area contributed by atoms with Gasteiger partial charge in [-0.15, -0.1) is 10.2 Å². The van der Waals surface area contributed by atoms with Crippen LogP contribution < -0.4 is 4.90 Å². The second-order valence-corrected chi connectivity index (χ2v) is 7.03. The fourth-order valence-electron chi connectivity index (χ4n) is 2.76. The van der Waals surface area contributed by atoms with Crippen LogP contribution in [0.4, 0.5) is 18.9 Å². The van der Waals surface area contributed by atoms with Crippen molar-refractivity contribution in [2.45, 2.75) is 19.3 Å². The minimum absolute atomic E-state index is 0.0239. The number of hydrogen-bond acceptors (Lipinski definition) is 5. The molecule has 0 atom stereocenters. The second-order valence-electron chi connectivity index (χ2n) is 7.03. The summed E-state index contributed by atoms with van der Waals surface area (Å²) in [5.74, 6) is -0.226. The summed E-state index contributed by atoms with van der Waals surface area (Å²) in [5, 5.41) is 11.6. The number of alkyl halides is 3. The second kappa shape index (κ2) is 8.52. The molecule has 0 fully saturated rings. The molecule has 0 N–H and O–H groups in total. The molecule has 2 aromatic carbocycles. The van der Waals surface area contributed by atoms with Crippen LogP contribution in [0.25, 0.3) is 11.4 Å². The standard InChI is InChI=1S/C20H21F3N6O/c1-27(2)17-9-7-14(8-10-17)12-28(3)18(30)13-29-25-19(24-26-29)15-5-4-6-16(11-15)20(21,22)23/h4-11H,12-13H2,1-3H3. The highest BCUT2D eigenvalue weighted by Gasteiger charge is 2.30. The Morgan fingerprint density at radius 2 is 1.77 bits per heavy atom. The number of tetrazole rings is 1. The first kappa shape index (κ1) is 21.3. The Morgan fingerprint density at radius 1 is 1.07 bits per heavy atom. The highest BCUT2D eigenvalue weighted by molar-refractivity contribution is 5.75. The maximum atomic E-state index is 12.9. The van der Waals surface area contributed by atoms with Crippen molar-refractivity contribution in [2.75, 3.05) is 26.0 Å². The number of anilines is 1. The molecular weight excluding hydrogens is 397 g/mol. The first-order valence-electron chi connectivity index (χ1n) is 9.09. The minimum atomic E-state index is -4.46. The molecule has 0 saturated carbocycles. The number of rotatable bonds is 6. The first-order valence-corrected chi connectivity index (χ1v) is 9.09. The summed E-state index contributed by atoms with van der Waals surface area (Å²) in [4.78, 5) is 17.0. The molecule has 3 aromatic rings. The molecule has 0 bridgehead atoms. The lowest BCUT2D eigenvalue weighted by Crippen LogP contribution is -2.30. The highest BCUT2D eigenvalue weighted by Crippen LogP contribution is 2.31. The topological polar surface area (TPSA) is 67.2 Å². The van der Waals surface area contributed by atoms with Gasteiger partial charge in [0, 0.05) is 38.9 Å². The molecule has 7 nitrogen and oxygen atoms in total. The van der Waals surface area contributed by atoms with Crippen LogP contribution in [0.1, 0.15) is 11.1 Å². The monoisotopic (exact) mass is 418 g/mol.